The minimum atomic E-state index is 0.159. The summed E-state index contributed by atoms with van der Waals surface area (Å²) in [6, 6.07) is 15.1. The summed E-state index contributed by atoms with van der Waals surface area (Å²) in [5.41, 5.74) is 4.87. The van der Waals surface area contributed by atoms with E-state index < -0.39 is 0 Å². The van der Waals surface area contributed by atoms with Crippen molar-refractivity contribution < 1.29 is 4.74 Å². The zero-order valence-corrected chi connectivity index (χ0v) is 17.4. The van der Waals surface area contributed by atoms with Crippen molar-refractivity contribution >= 4 is 11.0 Å². The van der Waals surface area contributed by atoms with Crippen LogP contribution in [0.25, 0.3) is 22.4 Å². The lowest BCUT2D eigenvalue weighted by Crippen LogP contribution is -2.10. The molecule has 0 fully saturated rings. The van der Waals surface area contributed by atoms with Crippen LogP contribution >= 0.6 is 0 Å². The molecule has 0 aliphatic heterocycles. The molecule has 0 saturated heterocycles. The summed E-state index contributed by atoms with van der Waals surface area (Å²) in [5.74, 6) is 1.98. The summed E-state index contributed by atoms with van der Waals surface area (Å²) in [6.45, 7) is 12.8. The van der Waals surface area contributed by atoms with Gasteiger partial charge in [-0.15, -0.1) is 0 Å². The Morgan fingerprint density at radius 2 is 1.70 bits per heavy atom. The van der Waals surface area contributed by atoms with Crippen molar-refractivity contribution in [2.45, 2.75) is 65.8 Å². The maximum absolute atomic E-state index is 5.85. The highest BCUT2D eigenvalue weighted by Gasteiger charge is 2.16. The van der Waals surface area contributed by atoms with E-state index in [2.05, 4.69) is 75.6 Å². The Morgan fingerprint density at radius 1 is 0.963 bits per heavy atom. The number of ether oxygens (including phenoxy) is 1. The van der Waals surface area contributed by atoms with E-state index >= 15 is 0 Å². The Hall–Kier alpha value is -2.29. The average molecular weight is 365 g/mol. The number of aromatic nitrogens is 2. The molecule has 0 atom stereocenters. The van der Waals surface area contributed by atoms with Gasteiger partial charge in [-0.05, 0) is 36.0 Å². The summed E-state index contributed by atoms with van der Waals surface area (Å²) < 4.78 is 8.20. The molecular formula is C24H32N2O. The van der Waals surface area contributed by atoms with Crippen LogP contribution in [-0.4, -0.2) is 16.2 Å². The van der Waals surface area contributed by atoms with Gasteiger partial charge in [0.2, 0.25) is 0 Å². The number of unbranched alkanes of at least 4 members (excludes halogenated alkanes) is 1. The second-order valence-electron chi connectivity index (χ2n) is 8.27. The number of hydrogen-bond acceptors (Lipinski definition) is 2. The number of hydrogen-bond donors (Lipinski definition) is 0. The third-order valence-corrected chi connectivity index (χ3v) is 4.94. The third-order valence-electron chi connectivity index (χ3n) is 4.94. The molecule has 2 aromatic carbocycles. The summed E-state index contributed by atoms with van der Waals surface area (Å²) in [5, 5.41) is 0. The predicted octanol–water partition coefficient (Wildman–Crippen LogP) is 6.59. The lowest BCUT2D eigenvalue weighted by Gasteiger charge is -2.19. The van der Waals surface area contributed by atoms with Crippen LogP contribution in [0.5, 0.6) is 5.75 Å². The van der Waals surface area contributed by atoms with Crippen molar-refractivity contribution in [3.8, 4) is 17.1 Å². The van der Waals surface area contributed by atoms with Gasteiger partial charge >= 0.3 is 0 Å². The molecular weight excluding hydrogens is 332 g/mol. The smallest absolute Gasteiger partial charge is 0.141 e. The van der Waals surface area contributed by atoms with E-state index in [4.69, 9.17) is 9.72 Å². The van der Waals surface area contributed by atoms with Crippen molar-refractivity contribution in [1.82, 2.24) is 9.55 Å². The molecule has 0 amide bonds. The summed E-state index contributed by atoms with van der Waals surface area (Å²) >= 11 is 0. The molecule has 3 nitrogen and oxygen atoms in total. The first-order valence-electron chi connectivity index (χ1n) is 10.2. The second kappa shape index (κ2) is 8.16. The topological polar surface area (TPSA) is 27.1 Å². The fraction of sp³-hybridized carbons (Fsp3) is 0.458. The quantitative estimate of drug-likeness (QED) is 0.473. The second-order valence-corrected chi connectivity index (χ2v) is 8.27. The van der Waals surface area contributed by atoms with Gasteiger partial charge in [-0.2, -0.15) is 0 Å². The third kappa shape index (κ3) is 4.35. The highest BCUT2D eigenvalue weighted by molar-refractivity contribution is 5.82. The van der Waals surface area contributed by atoms with Crippen LogP contribution in [0.1, 0.15) is 59.4 Å². The minimum absolute atomic E-state index is 0.159. The van der Waals surface area contributed by atoms with Gasteiger partial charge < -0.3 is 9.30 Å². The van der Waals surface area contributed by atoms with E-state index in [0.29, 0.717) is 0 Å². The molecule has 0 spiro atoms. The number of imidazole rings is 1. The normalized spacial score (nSPS) is 11.9. The summed E-state index contributed by atoms with van der Waals surface area (Å²) in [6.07, 6.45) is 3.31. The van der Waals surface area contributed by atoms with Crippen LogP contribution < -0.4 is 4.74 Å². The molecule has 0 bridgehead atoms. The van der Waals surface area contributed by atoms with Gasteiger partial charge in [-0.1, -0.05) is 65.3 Å². The van der Waals surface area contributed by atoms with Crippen molar-refractivity contribution in [1.29, 1.82) is 0 Å². The molecule has 3 aromatic rings. The summed E-state index contributed by atoms with van der Waals surface area (Å²) in [7, 11) is 0. The fourth-order valence-electron chi connectivity index (χ4n) is 3.29. The standard InChI is InChI=1S/C24H32N2O/c1-6-8-15-26-22-17-20(27-16-7-2)13-14-21(22)25-23(26)18-9-11-19(12-10-18)24(3,4)5/h9-14,17H,6-8,15-16H2,1-5H3. The van der Waals surface area contributed by atoms with E-state index in [0.717, 1.165) is 55.0 Å². The molecule has 3 rings (SSSR count). The number of rotatable bonds is 7. The van der Waals surface area contributed by atoms with E-state index in [1.807, 2.05) is 6.07 Å². The molecule has 0 aliphatic carbocycles. The maximum Gasteiger partial charge on any atom is 0.141 e. The van der Waals surface area contributed by atoms with Crippen LogP contribution in [0.2, 0.25) is 0 Å². The molecule has 3 heteroatoms. The summed E-state index contributed by atoms with van der Waals surface area (Å²) in [4.78, 5) is 4.96. The van der Waals surface area contributed by atoms with Gasteiger partial charge in [0.05, 0.1) is 17.6 Å². The van der Waals surface area contributed by atoms with Gasteiger partial charge in [0.15, 0.2) is 0 Å². The molecule has 0 unspecified atom stereocenters. The SMILES string of the molecule is CCCCn1c(-c2ccc(C(C)(C)C)cc2)nc2ccc(OCCC)cc21. The Kier molecular flexibility index (Phi) is 5.88. The Balaban J connectivity index is 2.05. The molecule has 0 saturated carbocycles. The first kappa shape index (κ1) is 19.5. The van der Waals surface area contributed by atoms with Gasteiger partial charge in [-0.25, -0.2) is 4.98 Å². The van der Waals surface area contributed by atoms with Crippen LogP contribution in [0.15, 0.2) is 42.5 Å². The number of aryl methyl sites for hydroxylation is 1. The van der Waals surface area contributed by atoms with Crippen molar-refractivity contribution in [3.05, 3.63) is 48.0 Å². The number of fused-ring (bicyclic) bond motifs is 1. The predicted molar refractivity (Wildman–Crippen MR) is 115 cm³/mol. The van der Waals surface area contributed by atoms with Crippen LogP contribution in [0, 0.1) is 0 Å². The molecule has 0 aliphatic rings. The molecule has 0 N–H and O–H groups in total. The zero-order valence-electron chi connectivity index (χ0n) is 17.4. The van der Waals surface area contributed by atoms with Gasteiger partial charge in [0.25, 0.3) is 0 Å². The molecule has 1 aromatic heterocycles. The maximum atomic E-state index is 5.85. The van der Waals surface area contributed by atoms with Crippen molar-refractivity contribution in [2.75, 3.05) is 6.61 Å². The van der Waals surface area contributed by atoms with E-state index in [1.165, 1.54) is 11.1 Å². The Morgan fingerprint density at radius 3 is 2.33 bits per heavy atom. The zero-order chi connectivity index (χ0) is 19.4. The number of benzene rings is 2. The Bertz CT molecular complexity index is 885. The minimum Gasteiger partial charge on any atom is -0.494 e. The average Bonchev–Trinajstić information content (AvgIpc) is 3.02. The van der Waals surface area contributed by atoms with Gasteiger partial charge in [-0.3, -0.25) is 0 Å². The van der Waals surface area contributed by atoms with Gasteiger partial charge in [0.1, 0.15) is 11.6 Å². The van der Waals surface area contributed by atoms with Crippen LogP contribution in [0.3, 0.4) is 0 Å². The number of nitrogens with zero attached hydrogens (tertiary/aromatic N) is 2. The molecule has 144 valence electrons. The van der Waals surface area contributed by atoms with E-state index in [-0.39, 0.29) is 5.41 Å². The highest BCUT2D eigenvalue weighted by Crippen LogP contribution is 2.30. The van der Waals surface area contributed by atoms with Crippen molar-refractivity contribution in [3.63, 3.8) is 0 Å². The molecule has 0 radical (unpaired) electrons. The molecule has 27 heavy (non-hydrogen) atoms. The van der Waals surface area contributed by atoms with Crippen molar-refractivity contribution in [2.24, 2.45) is 0 Å². The molecule has 1 heterocycles. The lowest BCUT2D eigenvalue weighted by molar-refractivity contribution is 0.318. The first-order chi connectivity index (χ1) is 12.9. The van der Waals surface area contributed by atoms with Crippen LogP contribution in [0.4, 0.5) is 0 Å². The van der Waals surface area contributed by atoms with Crippen LogP contribution in [-0.2, 0) is 12.0 Å². The highest BCUT2D eigenvalue weighted by atomic mass is 16.5. The fourth-order valence-corrected chi connectivity index (χ4v) is 3.29. The lowest BCUT2D eigenvalue weighted by atomic mass is 9.87. The monoisotopic (exact) mass is 364 g/mol. The van der Waals surface area contributed by atoms with E-state index in [9.17, 15) is 0 Å². The largest absolute Gasteiger partial charge is 0.494 e. The first-order valence-corrected chi connectivity index (χ1v) is 10.2. The van der Waals surface area contributed by atoms with Gasteiger partial charge in [0, 0.05) is 18.2 Å². The van der Waals surface area contributed by atoms with E-state index in [1.54, 1.807) is 0 Å². The Labute approximate surface area is 163 Å².